The van der Waals surface area contributed by atoms with Crippen LogP contribution in [-0.2, 0) is 10.0 Å². The number of likely N-dealkylation sites (N-methyl/N-ethyl adjacent to an activating group) is 1. The first-order chi connectivity index (χ1) is 9.89. The molecule has 0 heterocycles. The van der Waals surface area contributed by atoms with E-state index in [4.69, 9.17) is 14.2 Å². The van der Waals surface area contributed by atoms with Gasteiger partial charge < -0.3 is 19.5 Å². The summed E-state index contributed by atoms with van der Waals surface area (Å²) < 4.78 is 42.9. The van der Waals surface area contributed by atoms with Crippen LogP contribution in [0.15, 0.2) is 17.0 Å². The van der Waals surface area contributed by atoms with Gasteiger partial charge >= 0.3 is 0 Å². The topological polar surface area (TPSA) is 85.9 Å². The molecule has 0 aliphatic rings. The van der Waals surface area contributed by atoms with Crippen LogP contribution in [0.4, 0.5) is 0 Å². The minimum Gasteiger partial charge on any atom is -0.496 e. The number of nitrogens with one attached hydrogen (secondary N) is 2. The number of benzene rings is 1. The van der Waals surface area contributed by atoms with Gasteiger partial charge in [0, 0.05) is 24.7 Å². The van der Waals surface area contributed by atoms with E-state index in [0.29, 0.717) is 5.75 Å². The molecule has 0 aliphatic carbocycles. The first-order valence-corrected chi connectivity index (χ1v) is 7.84. The van der Waals surface area contributed by atoms with Gasteiger partial charge in [-0.15, -0.1) is 0 Å². The van der Waals surface area contributed by atoms with E-state index in [-0.39, 0.29) is 29.0 Å². The minimum absolute atomic E-state index is 0.00462. The zero-order valence-corrected chi connectivity index (χ0v) is 13.7. The van der Waals surface area contributed by atoms with Gasteiger partial charge in [0.1, 0.15) is 17.2 Å². The lowest BCUT2D eigenvalue weighted by molar-refractivity contribution is 0.358. The second-order valence-corrected chi connectivity index (χ2v) is 6.11. The van der Waals surface area contributed by atoms with Gasteiger partial charge in [0.2, 0.25) is 10.0 Å². The molecule has 7 nitrogen and oxygen atoms in total. The fourth-order valence-corrected chi connectivity index (χ4v) is 3.08. The van der Waals surface area contributed by atoms with Gasteiger partial charge in [-0.3, -0.25) is 0 Å². The summed E-state index contributed by atoms with van der Waals surface area (Å²) in [5.41, 5.74) is 0. The number of ether oxygens (including phenoxy) is 3. The predicted molar refractivity (Wildman–Crippen MR) is 79.8 cm³/mol. The molecule has 0 spiro atoms. The Balaban J connectivity index is 3.26. The molecule has 1 aromatic carbocycles. The molecule has 1 aromatic rings. The summed E-state index contributed by atoms with van der Waals surface area (Å²) in [5, 5.41) is 2.95. The van der Waals surface area contributed by atoms with Gasteiger partial charge in [0.15, 0.2) is 4.90 Å². The summed E-state index contributed by atoms with van der Waals surface area (Å²) >= 11 is 0. The van der Waals surface area contributed by atoms with Crippen molar-refractivity contribution in [2.75, 3.05) is 34.9 Å². The van der Waals surface area contributed by atoms with Crippen LogP contribution in [0.25, 0.3) is 0 Å². The Kier molecular flexibility index (Phi) is 6.25. The van der Waals surface area contributed by atoms with Crippen LogP contribution in [0.5, 0.6) is 17.2 Å². The first kappa shape index (κ1) is 17.5. The monoisotopic (exact) mass is 318 g/mol. The SMILES string of the molecule is CNC(C)CNS(=O)(=O)c1c(OC)cc(OC)cc1OC. The maximum atomic E-state index is 12.5. The molecular weight excluding hydrogens is 296 g/mol. The molecule has 0 bridgehead atoms. The number of sulfonamides is 1. The summed E-state index contributed by atoms with van der Waals surface area (Å²) in [5.74, 6) is 0.776. The van der Waals surface area contributed by atoms with Crippen LogP contribution in [0, 0.1) is 0 Å². The molecule has 120 valence electrons. The van der Waals surface area contributed by atoms with Crippen molar-refractivity contribution >= 4 is 10.0 Å². The highest BCUT2D eigenvalue weighted by molar-refractivity contribution is 7.89. The Bertz CT molecular complexity index is 549. The summed E-state index contributed by atoms with van der Waals surface area (Å²) in [4.78, 5) is -0.0448. The van der Waals surface area contributed by atoms with Crippen molar-refractivity contribution in [1.29, 1.82) is 0 Å². The van der Waals surface area contributed by atoms with Crippen LogP contribution in [-0.4, -0.2) is 49.4 Å². The van der Waals surface area contributed by atoms with E-state index >= 15 is 0 Å². The molecule has 0 saturated carbocycles. The van der Waals surface area contributed by atoms with Crippen LogP contribution in [0.3, 0.4) is 0 Å². The first-order valence-electron chi connectivity index (χ1n) is 6.36. The van der Waals surface area contributed by atoms with Crippen molar-refractivity contribution in [3.63, 3.8) is 0 Å². The van der Waals surface area contributed by atoms with Gasteiger partial charge in [0.05, 0.1) is 21.3 Å². The average Bonchev–Trinajstić information content (AvgIpc) is 2.50. The smallest absolute Gasteiger partial charge is 0.248 e. The fraction of sp³-hybridized carbons (Fsp3) is 0.538. The number of methoxy groups -OCH3 is 3. The molecule has 1 atom stereocenters. The van der Waals surface area contributed by atoms with Crippen LogP contribution >= 0.6 is 0 Å². The highest BCUT2D eigenvalue weighted by atomic mass is 32.2. The normalized spacial score (nSPS) is 12.8. The van der Waals surface area contributed by atoms with E-state index in [0.717, 1.165) is 0 Å². The standard InChI is InChI=1S/C13H22N2O5S/c1-9(14-2)8-15-21(16,17)13-11(19-4)6-10(18-3)7-12(13)20-5/h6-7,9,14-15H,8H2,1-5H3. The van der Waals surface area contributed by atoms with Gasteiger partial charge in [-0.25, -0.2) is 13.1 Å². The maximum Gasteiger partial charge on any atom is 0.248 e. The van der Waals surface area contributed by atoms with Gasteiger partial charge in [0.25, 0.3) is 0 Å². The maximum absolute atomic E-state index is 12.5. The van der Waals surface area contributed by atoms with E-state index in [1.165, 1.54) is 33.5 Å². The Morgan fingerprint density at radius 1 is 1.10 bits per heavy atom. The Morgan fingerprint density at radius 2 is 1.62 bits per heavy atom. The third-order valence-corrected chi connectivity index (χ3v) is 4.50. The van der Waals surface area contributed by atoms with E-state index in [2.05, 4.69) is 10.0 Å². The van der Waals surface area contributed by atoms with Crippen molar-refractivity contribution in [2.24, 2.45) is 0 Å². The van der Waals surface area contributed by atoms with Crippen molar-refractivity contribution < 1.29 is 22.6 Å². The number of hydrogen-bond donors (Lipinski definition) is 2. The van der Waals surface area contributed by atoms with E-state index in [1.807, 2.05) is 6.92 Å². The van der Waals surface area contributed by atoms with E-state index in [1.54, 1.807) is 7.05 Å². The number of hydrogen-bond acceptors (Lipinski definition) is 6. The van der Waals surface area contributed by atoms with Crippen LogP contribution < -0.4 is 24.2 Å². The molecule has 0 amide bonds. The van der Waals surface area contributed by atoms with Crippen molar-refractivity contribution in [3.8, 4) is 17.2 Å². The van der Waals surface area contributed by atoms with Crippen molar-refractivity contribution in [2.45, 2.75) is 17.9 Å². The molecule has 0 saturated heterocycles. The van der Waals surface area contributed by atoms with Crippen molar-refractivity contribution in [1.82, 2.24) is 10.0 Å². The molecule has 0 radical (unpaired) electrons. The van der Waals surface area contributed by atoms with E-state index in [9.17, 15) is 8.42 Å². The molecule has 2 N–H and O–H groups in total. The highest BCUT2D eigenvalue weighted by Crippen LogP contribution is 2.37. The second-order valence-electron chi connectivity index (χ2n) is 4.40. The third-order valence-electron chi connectivity index (χ3n) is 3.01. The molecular formula is C13H22N2O5S. The Morgan fingerprint density at radius 3 is 2.00 bits per heavy atom. The minimum atomic E-state index is -3.77. The zero-order valence-electron chi connectivity index (χ0n) is 12.9. The van der Waals surface area contributed by atoms with Gasteiger partial charge in [-0.05, 0) is 14.0 Å². The molecule has 0 aliphatic heterocycles. The van der Waals surface area contributed by atoms with Crippen LogP contribution in [0.2, 0.25) is 0 Å². The molecule has 1 rings (SSSR count). The quantitative estimate of drug-likeness (QED) is 0.730. The number of rotatable bonds is 8. The molecule has 21 heavy (non-hydrogen) atoms. The summed E-state index contributed by atoms with van der Waals surface area (Å²) in [6.07, 6.45) is 0. The largest absolute Gasteiger partial charge is 0.496 e. The van der Waals surface area contributed by atoms with Gasteiger partial charge in [-0.1, -0.05) is 0 Å². The molecule has 1 unspecified atom stereocenters. The van der Waals surface area contributed by atoms with Crippen LogP contribution in [0.1, 0.15) is 6.92 Å². The lowest BCUT2D eigenvalue weighted by Gasteiger charge is -2.17. The molecule has 0 fully saturated rings. The summed E-state index contributed by atoms with van der Waals surface area (Å²) in [6.45, 7) is 2.11. The second kappa shape index (κ2) is 7.48. The fourth-order valence-electron chi connectivity index (χ4n) is 1.65. The van der Waals surface area contributed by atoms with E-state index < -0.39 is 10.0 Å². The lowest BCUT2D eigenvalue weighted by atomic mass is 10.3. The van der Waals surface area contributed by atoms with Gasteiger partial charge in [-0.2, -0.15) is 0 Å². The molecule has 0 aromatic heterocycles. The Hall–Kier alpha value is -1.51. The molecule has 8 heteroatoms. The third kappa shape index (κ3) is 4.23. The summed E-state index contributed by atoms with van der Waals surface area (Å²) in [7, 11) is 2.25. The Labute approximate surface area is 125 Å². The average molecular weight is 318 g/mol. The lowest BCUT2D eigenvalue weighted by Crippen LogP contribution is -2.37. The van der Waals surface area contributed by atoms with Crippen molar-refractivity contribution in [3.05, 3.63) is 12.1 Å². The highest BCUT2D eigenvalue weighted by Gasteiger charge is 2.26. The summed E-state index contributed by atoms with van der Waals surface area (Å²) in [6, 6.07) is 2.99. The predicted octanol–water partition coefficient (Wildman–Crippen LogP) is 0.599. The zero-order chi connectivity index (χ0) is 16.0.